The Morgan fingerprint density at radius 3 is 3.00 bits per heavy atom. The fourth-order valence-corrected chi connectivity index (χ4v) is 3.09. The fourth-order valence-electron chi connectivity index (χ4n) is 1.85. The van der Waals surface area contributed by atoms with Gasteiger partial charge in [-0.25, -0.2) is 0 Å². The molecule has 1 aromatic rings. The SMILES string of the molecule is O=[N+]([O-])c1cc(Cl)ccc1NC1CCCSC1. The molecule has 0 aliphatic carbocycles. The molecule has 1 fully saturated rings. The molecule has 1 aromatic carbocycles. The number of hydrogen-bond donors (Lipinski definition) is 1. The van der Waals surface area contributed by atoms with Crippen LogP contribution in [0.1, 0.15) is 12.8 Å². The number of halogens is 1. The maximum absolute atomic E-state index is 10.9. The van der Waals surface area contributed by atoms with Gasteiger partial charge in [-0.05, 0) is 30.7 Å². The predicted octanol–water partition coefficient (Wildman–Crippen LogP) is 3.56. The standard InChI is InChI=1S/C11H13ClN2O2S/c12-8-3-4-10(11(6-8)14(15)16)13-9-2-1-5-17-7-9/h3-4,6,9,13H,1-2,5,7H2. The predicted molar refractivity (Wildman–Crippen MR) is 72.1 cm³/mol. The van der Waals surface area contributed by atoms with E-state index in [0.29, 0.717) is 16.8 Å². The van der Waals surface area contributed by atoms with Gasteiger partial charge in [0, 0.05) is 22.9 Å². The molecule has 1 heterocycles. The highest BCUT2D eigenvalue weighted by Crippen LogP contribution is 2.30. The minimum absolute atomic E-state index is 0.0491. The Hall–Kier alpha value is -0.940. The van der Waals surface area contributed by atoms with Crippen LogP contribution in [0, 0.1) is 10.1 Å². The van der Waals surface area contributed by atoms with Gasteiger partial charge in [0.05, 0.1) is 4.92 Å². The van der Waals surface area contributed by atoms with Gasteiger partial charge in [-0.1, -0.05) is 11.6 Å². The van der Waals surface area contributed by atoms with E-state index in [1.165, 1.54) is 11.8 Å². The van der Waals surface area contributed by atoms with Crippen molar-refractivity contribution in [1.29, 1.82) is 0 Å². The normalized spacial score (nSPS) is 19.9. The van der Waals surface area contributed by atoms with E-state index < -0.39 is 4.92 Å². The molecule has 0 spiro atoms. The minimum Gasteiger partial charge on any atom is -0.376 e. The first-order valence-corrected chi connectivity index (χ1v) is 6.98. The van der Waals surface area contributed by atoms with E-state index in [2.05, 4.69) is 5.32 Å². The molecule has 1 unspecified atom stereocenters. The minimum atomic E-state index is -0.399. The van der Waals surface area contributed by atoms with Crippen molar-refractivity contribution >= 4 is 34.7 Å². The van der Waals surface area contributed by atoms with Gasteiger partial charge in [-0.15, -0.1) is 0 Å². The van der Waals surface area contributed by atoms with Crippen molar-refractivity contribution in [2.24, 2.45) is 0 Å². The van der Waals surface area contributed by atoms with Gasteiger partial charge in [0.1, 0.15) is 5.69 Å². The summed E-state index contributed by atoms with van der Waals surface area (Å²) in [6.45, 7) is 0. The summed E-state index contributed by atoms with van der Waals surface area (Å²) in [6.07, 6.45) is 2.22. The largest absolute Gasteiger partial charge is 0.376 e. The Labute approximate surface area is 109 Å². The smallest absolute Gasteiger partial charge is 0.293 e. The van der Waals surface area contributed by atoms with Crippen LogP contribution in [0.5, 0.6) is 0 Å². The highest BCUT2D eigenvalue weighted by molar-refractivity contribution is 7.99. The third kappa shape index (κ3) is 3.26. The van der Waals surface area contributed by atoms with Crippen molar-refractivity contribution in [2.75, 3.05) is 16.8 Å². The van der Waals surface area contributed by atoms with Crippen molar-refractivity contribution in [2.45, 2.75) is 18.9 Å². The first-order valence-electron chi connectivity index (χ1n) is 5.45. The Balaban J connectivity index is 2.16. The second-order valence-electron chi connectivity index (χ2n) is 3.98. The summed E-state index contributed by atoms with van der Waals surface area (Å²) < 4.78 is 0. The fraction of sp³-hybridized carbons (Fsp3) is 0.455. The average molecular weight is 273 g/mol. The summed E-state index contributed by atoms with van der Waals surface area (Å²) >= 11 is 7.65. The van der Waals surface area contributed by atoms with Crippen LogP contribution in [0.4, 0.5) is 11.4 Å². The number of thioether (sulfide) groups is 1. The van der Waals surface area contributed by atoms with E-state index in [1.54, 1.807) is 12.1 Å². The number of nitro benzene ring substituents is 1. The van der Waals surface area contributed by atoms with E-state index in [1.807, 2.05) is 11.8 Å². The summed E-state index contributed by atoms with van der Waals surface area (Å²) in [5.41, 5.74) is 0.611. The monoisotopic (exact) mass is 272 g/mol. The molecule has 17 heavy (non-hydrogen) atoms. The van der Waals surface area contributed by atoms with Crippen molar-refractivity contribution in [1.82, 2.24) is 0 Å². The van der Waals surface area contributed by atoms with Crippen molar-refractivity contribution in [3.05, 3.63) is 33.3 Å². The quantitative estimate of drug-likeness (QED) is 0.675. The molecule has 1 N–H and O–H groups in total. The van der Waals surface area contributed by atoms with Gasteiger partial charge in [0.15, 0.2) is 0 Å². The molecule has 2 rings (SSSR count). The first-order chi connectivity index (χ1) is 8.16. The van der Waals surface area contributed by atoms with Crippen LogP contribution in [0.15, 0.2) is 18.2 Å². The molecular weight excluding hydrogens is 260 g/mol. The van der Waals surface area contributed by atoms with E-state index in [9.17, 15) is 10.1 Å². The zero-order valence-corrected chi connectivity index (χ0v) is 10.8. The Kier molecular flexibility index (Phi) is 4.12. The number of hydrogen-bond acceptors (Lipinski definition) is 4. The van der Waals surface area contributed by atoms with Crippen LogP contribution in [0.25, 0.3) is 0 Å². The van der Waals surface area contributed by atoms with Gasteiger partial charge >= 0.3 is 0 Å². The highest BCUT2D eigenvalue weighted by Gasteiger charge is 2.19. The molecule has 1 aliphatic rings. The molecule has 0 radical (unpaired) electrons. The van der Waals surface area contributed by atoms with Gasteiger partial charge < -0.3 is 5.32 Å². The lowest BCUT2D eigenvalue weighted by Gasteiger charge is -2.23. The number of nitrogens with zero attached hydrogens (tertiary/aromatic N) is 1. The molecule has 1 atom stereocenters. The molecule has 92 valence electrons. The van der Waals surface area contributed by atoms with E-state index in [-0.39, 0.29) is 5.69 Å². The topological polar surface area (TPSA) is 55.2 Å². The summed E-state index contributed by atoms with van der Waals surface area (Å²) in [7, 11) is 0. The number of rotatable bonds is 3. The van der Waals surface area contributed by atoms with Crippen molar-refractivity contribution < 1.29 is 4.92 Å². The second-order valence-corrected chi connectivity index (χ2v) is 5.56. The van der Waals surface area contributed by atoms with E-state index >= 15 is 0 Å². The lowest BCUT2D eigenvalue weighted by molar-refractivity contribution is -0.384. The second kappa shape index (κ2) is 5.60. The molecule has 1 aliphatic heterocycles. The van der Waals surface area contributed by atoms with Crippen LogP contribution >= 0.6 is 23.4 Å². The molecule has 6 heteroatoms. The summed E-state index contributed by atoms with van der Waals surface area (Å²) in [6, 6.07) is 5.06. The molecular formula is C11H13ClN2O2S. The molecule has 0 amide bonds. The average Bonchev–Trinajstić information content (AvgIpc) is 2.32. The van der Waals surface area contributed by atoms with E-state index in [4.69, 9.17) is 11.6 Å². The number of anilines is 1. The van der Waals surface area contributed by atoms with Crippen LogP contribution in [0.2, 0.25) is 5.02 Å². The lowest BCUT2D eigenvalue weighted by atomic mass is 10.1. The van der Waals surface area contributed by atoms with Crippen LogP contribution in [-0.4, -0.2) is 22.5 Å². The molecule has 0 bridgehead atoms. The number of nitrogens with one attached hydrogen (secondary N) is 1. The van der Waals surface area contributed by atoms with Gasteiger partial charge in [0.25, 0.3) is 5.69 Å². The summed E-state index contributed by atoms with van der Waals surface area (Å²) in [5.74, 6) is 2.18. The van der Waals surface area contributed by atoms with Crippen LogP contribution < -0.4 is 5.32 Å². The summed E-state index contributed by atoms with van der Waals surface area (Å²) in [4.78, 5) is 10.5. The number of benzene rings is 1. The third-order valence-electron chi connectivity index (χ3n) is 2.68. The van der Waals surface area contributed by atoms with Crippen molar-refractivity contribution in [3.63, 3.8) is 0 Å². The maximum atomic E-state index is 10.9. The van der Waals surface area contributed by atoms with E-state index in [0.717, 1.165) is 18.6 Å². The molecule has 1 saturated heterocycles. The Bertz CT molecular complexity index is 422. The molecule has 0 aromatic heterocycles. The Morgan fingerprint density at radius 1 is 1.53 bits per heavy atom. The zero-order valence-electron chi connectivity index (χ0n) is 9.19. The molecule has 0 saturated carbocycles. The lowest BCUT2D eigenvalue weighted by Crippen LogP contribution is -2.26. The zero-order chi connectivity index (χ0) is 12.3. The summed E-state index contributed by atoms with van der Waals surface area (Å²) in [5, 5.41) is 14.5. The van der Waals surface area contributed by atoms with Crippen LogP contribution in [-0.2, 0) is 0 Å². The van der Waals surface area contributed by atoms with Crippen molar-refractivity contribution in [3.8, 4) is 0 Å². The maximum Gasteiger partial charge on any atom is 0.293 e. The first kappa shape index (κ1) is 12.5. The Morgan fingerprint density at radius 2 is 2.35 bits per heavy atom. The van der Waals surface area contributed by atoms with Crippen LogP contribution in [0.3, 0.4) is 0 Å². The van der Waals surface area contributed by atoms with Gasteiger partial charge in [-0.2, -0.15) is 11.8 Å². The van der Waals surface area contributed by atoms with Gasteiger partial charge in [-0.3, -0.25) is 10.1 Å². The number of nitro groups is 1. The third-order valence-corrected chi connectivity index (χ3v) is 4.13. The highest BCUT2D eigenvalue weighted by atomic mass is 35.5. The molecule has 4 nitrogen and oxygen atoms in total. The van der Waals surface area contributed by atoms with Gasteiger partial charge in [0.2, 0.25) is 0 Å².